The van der Waals surface area contributed by atoms with Gasteiger partial charge in [-0.05, 0) is 5.21 Å². The van der Waals surface area contributed by atoms with Crippen LogP contribution in [0.15, 0.2) is 23.6 Å². The van der Waals surface area contributed by atoms with Gasteiger partial charge in [-0.2, -0.15) is 9.66 Å². The minimum Gasteiger partial charge on any atom is -0.369 e. The summed E-state index contributed by atoms with van der Waals surface area (Å²) in [6.45, 7) is 0. The summed E-state index contributed by atoms with van der Waals surface area (Å²) >= 11 is 0. The molecule has 4 rings (SSSR count). The largest absolute Gasteiger partial charge is 0.369 e. The molecule has 0 saturated carbocycles. The average molecular weight is 270 g/mol. The predicted octanol–water partition coefficient (Wildman–Crippen LogP) is -1.45. The van der Waals surface area contributed by atoms with Crippen LogP contribution in [0.2, 0.25) is 0 Å². The van der Waals surface area contributed by atoms with Crippen LogP contribution in [0, 0.1) is 0 Å². The van der Waals surface area contributed by atoms with E-state index in [-0.39, 0.29) is 17.1 Å². The topological polar surface area (TPSA) is 146 Å². The molecular weight excluding hydrogens is 264 g/mol. The first-order valence-corrected chi connectivity index (χ1v) is 5.49. The van der Waals surface area contributed by atoms with Crippen molar-refractivity contribution in [3.63, 3.8) is 0 Å². The van der Waals surface area contributed by atoms with E-state index in [2.05, 4.69) is 35.2 Å². The smallest absolute Gasteiger partial charge is 0.282 e. The number of aromatic amines is 1. The fourth-order valence-electron chi connectivity index (χ4n) is 1.87. The molecule has 0 unspecified atom stereocenters. The molecule has 11 nitrogen and oxygen atoms in total. The normalized spacial score (nSPS) is 11.4. The first-order chi connectivity index (χ1) is 9.74. The molecule has 0 bridgehead atoms. The van der Waals surface area contributed by atoms with Gasteiger partial charge in [-0.15, -0.1) is 9.89 Å². The van der Waals surface area contributed by atoms with Crippen LogP contribution in [-0.4, -0.2) is 44.7 Å². The number of rotatable bonds is 1. The van der Waals surface area contributed by atoms with Crippen molar-refractivity contribution in [2.75, 3.05) is 5.73 Å². The van der Waals surface area contributed by atoms with Crippen LogP contribution in [0.5, 0.6) is 0 Å². The van der Waals surface area contributed by atoms with E-state index in [0.29, 0.717) is 11.2 Å². The second-order valence-electron chi connectivity index (χ2n) is 3.92. The molecule has 4 heterocycles. The molecule has 0 aliphatic carbocycles. The zero-order valence-electron chi connectivity index (χ0n) is 9.80. The monoisotopic (exact) mass is 270 g/mol. The van der Waals surface area contributed by atoms with Gasteiger partial charge >= 0.3 is 0 Å². The summed E-state index contributed by atoms with van der Waals surface area (Å²) in [5.74, 6) is -0.0231. The lowest BCUT2D eigenvalue weighted by Gasteiger charge is -2.02. The minimum atomic E-state index is -0.460. The first-order valence-electron chi connectivity index (χ1n) is 5.49. The van der Waals surface area contributed by atoms with Gasteiger partial charge in [0.25, 0.3) is 5.56 Å². The van der Waals surface area contributed by atoms with E-state index in [0.717, 1.165) is 0 Å². The third-order valence-electron chi connectivity index (χ3n) is 2.71. The lowest BCUT2D eigenvalue weighted by Crippen LogP contribution is -2.15. The van der Waals surface area contributed by atoms with Crippen molar-refractivity contribution in [2.24, 2.45) is 0 Å². The van der Waals surface area contributed by atoms with Gasteiger partial charge < -0.3 is 5.73 Å². The van der Waals surface area contributed by atoms with Crippen LogP contribution in [0.1, 0.15) is 0 Å². The molecule has 0 aromatic carbocycles. The van der Waals surface area contributed by atoms with Gasteiger partial charge in [-0.1, -0.05) is 0 Å². The van der Waals surface area contributed by atoms with E-state index in [1.165, 1.54) is 22.1 Å². The number of anilines is 1. The maximum atomic E-state index is 11.7. The number of imidazole rings is 1. The Kier molecular flexibility index (Phi) is 1.88. The second kappa shape index (κ2) is 3.57. The number of nitrogens with zero attached hydrogens (tertiary/aromatic N) is 8. The molecule has 98 valence electrons. The van der Waals surface area contributed by atoms with Crippen molar-refractivity contribution in [3.05, 3.63) is 29.2 Å². The van der Waals surface area contributed by atoms with E-state index in [1.54, 1.807) is 6.20 Å². The first kappa shape index (κ1) is 10.5. The van der Waals surface area contributed by atoms with Gasteiger partial charge in [-0.3, -0.25) is 9.78 Å². The Balaban J connectivity index is 2.10. The highest BCUT2D eigenvalue weighted by atomic mass is 16.1. The molecule has 20 heavy (non-hydrogen) atoms. The van der Waals surface area contributed by atoms with Crippen molar-refractivity contribution in [1.29, 1.82) is 0 Å². The van der Waals surface area contributed by atoms with Crippen LogP contribution in [-0.2, 0) is 0 Å². The summed E-state index contributed by atoms with van der Waals surface area (Å²) in [6.07, 6.45) is 4.42. The van der Waals surface area contributed by atoms with E-state index in [1.807, 2.05) is 0 Å². The molecule has 0 fully saturated rings. The van der Waals surface area contributed by atoms with Gasteiger partial charge in [0.05, 0.1) is 6.20 Å². The highest BCUT2D eigenvalue weighted by Crippen LogP contribution is 2.10. The highest BCUT2D eigenvalue weighted by molar-refractivity contribution is 5.72. The second-order valence-corrected chi connectivity index (χ2v) is 3.92. The minimum absolute atomic E-state index is 0.0231. The summed E-state index contributed by atoms with van der Waals surface area (Å²) < 4.78 is 1.50. The molecule has 11 heteroatoms. The Hall–Kier alpha value is -3.37. The van der Waals surface area contributed by atoms with Gasteiger partial charge in [0.15, 0.2) is 11.2 Å². The number of H-pyrrole nitrogens is 1. The van der Waals surface area contributed by atoms with Gasteiger partial charge in [0.2, 0.25) is 11.6 Å². The Morgan fingerprint density at radius 2 is 2.15 bits per heavy atom. The number of nitrogens with two attached hydrogens (primary N) is 1. The molecule has 4 aromatic heterocycles. The molecule has 0 aliphatic rings. The van der Waals surface area contributed by atoms with E-state index >= 15 is 0 Å². The Morgan fingerprint density at radius 3 is 3.05 bits per heavy atom. The van der Waals surface area contributed by atoms with E-state index in [4.69, 9.17) is 5.73 Å². The summed E-state index contributed by atoms with van der Waals surface area (Å²) in [4.78, 5) is 31.5. The highest BCUT2D eigenvalue weighted by Gasteiger charge is 2.14. The number of nitrogen functional groups attached to an aromatic ring is 1. The lowest BCUT2D eigenvalue weighted by atomic mass is 10.5. The van der Waals surface area contributed by atoms with Crippen LogP contribution in [0.3, 0.4) is 0 Å². The molecule has 0 amide bonds. The average Bonchev–Trinajstić information content (AvgIpc) is 3.02. The fourth-order valence-corrected chi connectivity index (χ4v) is 1.87. The van der Waals surface area contributed by atoms with Crippen LogP contribution in [0.25, 0.3) is 22.3 Å². The molecular formula is C9H6N10O. The Morgan fingerprint density at radius 1 is 1.25 bits per heavy atom. The van der Waals surface area contributed by atoms with E-state index in [9.17, 15) is 4.79 Å². The Labute approximate surface area is 109 Å². The third kappa shape index (κ3) is 1.31. The fraction of sp³-hybridized carbons (Fsp3) is 0. The molecule has 3 N–H and O–H groups in total. The number of nitrogens with one attached hydrogen (secondary N) is 1. The molecule has 0 spiro atoms. The van der Waals surface area contributed by atoms with Crippen molar-refractivity contribution < 1.29 is 0 Å². The lowest BCUT2D eigenvalue weighted by molar-refractivity contribution is 0.575. The van der Waals surface area contributed by atoms with Crippen molar-refractivity contribution in [1.82, 2.24) is 44.7 Å². The van der Waals surface area contributed by atoms with E-state index < -0.39 is 5.56 Å². The van der Waals surface area contributed by atoms with Gasteiger partial charge in [0, 0.05) is 0 Å². The molecule has 0 aliphatic heterocycles. The van der Waals surface area contributed by atoms with Crippen LogP contribution >= 0.6 is 0 Å². The number of fused-ring (bicyclic) bond motifs is 2. The van der Waals surface area contributed by atoms with Gasteiger partial charge in [-0.25, -0.2) is 15.0 Å². The summed E-state index contributed by atoms with van der Waals surface area (Å²) in [6, 6.07) is 0. The SMILES string of the molecule is Nc1nc2c(nnn2-n2cnc3cncnc32)c(=O)[nH]1. The third-order valence-corrected chi connectivity index (χ3v) is 2.71. The molecule has 0 saturated heterocycles. The van der Waals surface area contributed by atoms with Gasteiger partial charge in [0.1, 0.15) is 18.2 Å². The number of hydrogen-bond donors (Lipinski definition) is 2. The zero-order chi connectivity index (χ0) is 13.7. The van der Waals surface area contributed by atoms with Crippen LogP contribution < -0.4 is 11.3 Å². The Bertz CT molecular complexity index is 995. The molecule has 0 atom stereocenters. The number of aromatic nitrogens is 9. The maximum Gasteiger partial charge on any atom is 0.282 e. The predicted molar refractivity (Wildman–Crippen MR) is 66.5 cm³/mol. The van der Waals surface area contributed by atoms with Crippen molar-refractivity contribution in [2.45, 2.75) is 0 Å². The standard InChI is InChI=1S/C9H6N10O/c10-9-14-7-5(8(20)15-9)16-17-19(7)18-3-13-4-1-11-2-12-6(4)18/h1-3H,(H3,10,14,15,20). The summed E-state index contributed by atoms with van der Waals surface area (Å²) in [5.41, 5.74) is 6.45. The molecule has 0 radical (unpaired) electrons. The quantitative estimate of drug-likeness (QED) is 0.427. The van der Waals surface area contributed by atoms with Crippen molar-refractivity contribution >= 4 is 28.3 Å². The summed E-state index contributed by atoms with van der Waals surface area (Å²) in [5, 5.41) is 7.66. The maximum absolute atomic E-state index is 11.7. The summed E-state index contributed by atoms with van der Waals surface area (Å²) in [7, 11) is 0. The number of hydrogen-bond acceptors (Lipinski definition) is 8. The zero-order valence-corrected chi connectivity index (χ0v) is 9.80. The molecule has 4 aromatic rings. The van der Waals surface area contributed by atoms with Crippen molar-refractivity contribution in [3.8, 4) is 0 Å². The van der Waals surface area contributed by atoms with Crippen LogP contribution in [0.4, 0.5) is 5.95 Å².